The van der Waals surface area contributed by atoms with Crippen LogP contribution in [0, 0.1) is 0 Å². The Labute approximate surface area is 192 Å². The summed E-state index contributed by atoms with van der Waals surface area (Å²) in [7, 11) is 1.62. The van der Waals surface area contributed by atoms with Crippen LogP contribution in [0.15, 0.2) is 49.3 Å². The number of hydrogen-bond acceptors (Lipinski definition) is 7. The van der Waals surface area contributed by atoms with Crippen LogP contribution in [0.3, 0.4) is 0 Å². The van der Waals surface area contributed by atoms with E-state index in [1.54, 1.807) is 18.3 Å². The summed E-state index contributed by atoms with van der Waals surface area (Å²) < 4.78 is 11.9. The zero-order valence-corrected chi connectivity index (χ0v) is 18.6. The predicted molar refractivity (Wildman–Crippen MR) is 128 cm³/mol. The standard InChI is InChI=1S/C25H27N5O3/c1-3-24(31)30-10-7-18(8-11-30)33-23-13-19-21(14-22(23)32-2)27-15-28-25(19)29-17-4-5-20-16(12-17)6-9-26-20/h3-5,12-15,18,26H,1,6-11H2,2H3,(H,27,28,29). The highest BCUT2D eigenvalue weighted by molar-refractivity contribution is 5.93. The highest BCUT2D eigenvalue weighted by Crippen LogP contribution is 2.36. The van der Waals surface area contributed by atoms with Gasteiger partial charge in [-0.15, -0.1) is 0 Å². The summed E-state index contributed by atoms with van der Waals surface area (Å²) in [6.07, 6.45) is 5.42. The quantitative estimate of drug-likeness (QED) is 0.556. The highest BCUT2D eigenvalue weighted by atomic mass is 16.5. The van der Waals surface area contributed by atoms with Gasteiger partial charge in [0.15, 0.2) is 11.5 Å². The lowest BCUT2D eigenvalue weighted by Gasteiger charge is -2.31. The molecule has 3 aromatic rings. The Morgan fingerprint density at radius 1 is 1.21 bits per heavy atom. The maximum absolute atomic E-state index is 11.9. The molecule has 1 aromatic heterocycles. The number of carbonyl (C=O) groups is 1. The fourth-order valence-electron chi connectivity index (χ4n) is 4.44. The van der Waals surface area contributed by atoms with Crippen LogP contribution in [0.2, 0.25) is 0 Å². The zero-order valence-electron chi connectivity index (χ0n) is 18.6. The van der Waals surface area contributed by atoms with E-state index in [4.69, 9.17) is 9.47 Å². The normalized spacial score (nSPS) is 15.6. The summed E-state index contributed by atoms with van der Waals surface area (Å²) >= 11 is 0. The van der Waals surface area contributed by atoms with Gasteiger partial charge in [0.2, 0.25) is 5.91 Å². The summed E-state index contributed by atoms with van der Waals surface area (Å²) in [4.78, 5) is 22.6. The van der Waals surface area contributed by atoms with E-state index in [0.29, 0.717) is 30.4 Å². The number of carbonyl (C=O) groups excluding carboxylic acids is 1. The third kappa shape index (κ3) is 4.28. The second-order valence-corrected chi connectivity index (χ2v) is 8.26. The predicted octanol–water partition coefficient (Wildman–Crippen LogP) is 3.91. The first kappa shape index (κ1) is 21.1. The smallest absolute Gasteiger partial charge is 0.245 e. The lowest BCUT2D eigenvalue weighted by atomic mass is 10.1. The Hall–Kier alpha value is -3.81. The van der Waals surface area contributed by atoms with Gasteiger partial charge in [-0.2, -0.15) is 0 Å². The van der Waals surface area contributed by atoms with Crippen LogP contribution in [0.1, 0.15) is 18.4 Å². The van der Waals surface area contributed by atoms with Gasteiger partial charge >= 0.3 is 0 Å². The molecule has 5 rings (SSSR count). The molecule has 0 spiro atoms. The molecule has 2 aliphatic rings. The van der Waals surface area contributed by atoms with Crippen LogP contribution in [0.5, 0.6) is 11.5 Å². The Morgan fingerprint density at radius 2 is 2.06 bits per heavy atom. The number of nitrogens with one attached hydrogen (secondary N) is 2. The summed E-state index contributed by atoms with van der Waals surface area (Å²) in [6, 6.07) is 10.1. The number of rotatable bonds is 6. The van der Waals surface area contributed by atoms with Gasteiger partial charge < -0.3 is 25.0 Å². The van der Waals surface area contributed by atoms with E-state index in [0.717, 1.165) is 42.4 Å². The number of amides is 1. The summed E-state index contributed by atoms with van der Waals surface area (Å²) in [6.45, 7) is 5.83. The van der Waals surface area contributed by atoms with Crippen LogP contribution in [-0.2, 0) is 11.2 Å². The number of piperidine rings is 1. The maximum Gasteiger partial charge on any atom is 0.245 e. The number of ether oxygens (including phenoxy) is 2. The number of anilines is 3. The summed E-state index contributed by atoms with van der Waals surface area (Å²) in [5.74, 6) is 1.95. The molecule has 8 nitrogen and oxygen atoms in total. The largest absolute Gasteiger partial charge is 0.493 e. The zero-order chi connectivity index (χ0) is 22.8. The van der Waals surface area contributed by atoms with E-state index in [1.165, 1.54) is 17.3 Å². The van der Waals surface area contributed by atoms with E-state index in [9.17, 15) is 4.79 Å². The second kappa shape index (κ2) is 8.97. The molecule has 1 saturated heterocycles. The molecule has 2 N–H and O–H groups in total. The first-order valence-electron chi connectivity index (χ1n) is 11.2. The number of likely N-dealkylation sites (tertiary alicyclic amines) is 1. The average molecular weight is 446 g/mol. The molecular formula is C25H27N5O3. The van der Waals surface area contributed by atoms with Crippen molar-refractivity contribution in [2.75, 3.05) is 37.4 Å². The van der Waals surface area contributed by atoms with Gasteiger partial charge in [0.1, 0.15) is 18.2 Å². The van der Waals surface area contributed by atoms with Crippen molar-refractivity contribution >= 4 is 34.0 Å². The van der Waals surface area contributed by atoms with Gasteiger partial charge in [-0.3, -0.25) is 4.79 Å². The van der Waals surface area contributed by atoms with Gasteiger partial charge in [0.25, 0.3) is 0 Å². The minimum Gasteiger partial charge on any atom is -0.493 e. The van der Waals surface area contributed by atoms with Gasteiger partial charge in [-0.25, -0.2) is 9.97 Å². The monoisotopic (exact) mass is 445 g/mol. The van der Waals surface area contributed by atoms with Crippen LogP contribution in [0.4, 0.5) is 17.2 Å². The highest BCUT2D eigenvalue weighted by Gasteiger charge is 2.24. The maximum atomic E-state index is 11.9. The minimum absolute atomic E-state index is 0.00420. The lowest BCUT2D eigenvalue weighted by Crippen LogP contribution is -2.41. The van der Waals surface area contributed by atoms with E-state index >= 15 is 0 Å². The Morgan fingerprint density at radius 3 is 2.85 bits per heavy atom. The first-order chi connectivity index (χ1) is 16.1. The molecule has 33 heavy (non-hydrogen) atoms. The van der Waals surface area contributed by atoms with E-state index in [2.05, 4.69) is 39.3 Å². The van der Waals surface area contributed by atoms with Crippen LogP contribution in [-0.4, -0.2) is 53.6 Å². The van der Waals surface area contributed by atoms with Gasteiger partial charge in [0, 0.05) is 55.3 Å². The molecule has 0 radical (unpaired) electrons. The Kier molecular flexibility index (Phi) is 5.73. The fourth-order valence-corrected chi connectivity index (χ4v) is 4.44. The molecule has 0 atom stereocenters. The second-order valence-electron chi connectivity index (χ2n) is 8.26. The molecule has 0 unspecified atom stereocenters. The van der Waals surface area contributed by atoms with E-state index in [1.807, 2.05) is 18.2 Å². The molecule has 2 aromatic carbocycles. The molecule has 3 heterocycles. The van der Waals surface area contributed by atoms with E-state index < -0.39 is 0 Å². The van der Waals surface area contributed by atoms with Crippen molar-refractivity contribution in [3.05, 3.63) is 54.9 Å². The molecule has 8 heteroatoms. The van der Waals surface area contributed by atoms with Gasteiger partial charge in [-0.1, -0.05) is 6.58 Å². The molecule has 0 saturated carbocycles. The summed E-state index contributed by atoms with van der Waals surface area (Å²) in [5.41, 5.74) is 4.24. The van der Waals surface area contributed by atoms with Crippen molar-refractivity contribution in [3.63, 3.8) is 0 Å². The third-order valence-corrected chi connectivity index (χ3v) is 6.22. The van der Waals surface area contributed by atoms with Gasteiger partial charge in [-0.05, 0) is 42.3 Å². The van der Waals surface area contributed by atoms with Crippen molar-refractivity contribution in [1.29, 1.82) is 0 Å². The number of fused-ring (bicyclic) bond motifs is 2. The summed E-state index contributed by atoms with van der Waals surface area (Å²) in [5, 5.41) is 7.68. The SMILES string of the molecule is C=CC(=O)N1CCC(Oc2cc3c(Nc4ccc5c(c4)CCN5)ncnc3cc2OC)CC1. The molecule has 0 bridgehead atoms. The fraction of sp³-hybridized carbons (Fsp3) is 0.320. The van der Waals surface area contributed by atoms with Crippen LogP contribution < -0.4 is 20.1 Å². The van der Waals surface area contributed by atoms with Gasteiger partial charge in [0.05, 0.1) is 12.6 Å². The molecule has 170 valence electrons. The first-order valence-corrected chi connectivity index (χ1v) is 11.2. The van der Waals surface area contributed by atoms with Crippen LogP contribution in [0.25, 0.3) is 10.9 Å². The topological polar surface area (TPSA) is 88.6 Å². The lowest BCUT2D eigenvalue weighted by molar-refractivity contribution is -0.127. The molecular weight excluding hydrogens is 418 g/mol. The molecule has 0 aliphatic carbocycles. The van der Waals surface area contributed by atoms with Crippen LogP contribution >= 0.6 is 0 Å². The Bertz CT molecular complexity index is 1200. The van der Waals surface area contributed by atoms with Crippen molar-refractivity contribution < 1.29 is 14.3 Å². The van der Waals surface area contributed by atoms with Crippen molar-refractivity contribution in [1.82, 2.24) is 14.9 Å². The van der Waals surface area contributed by atoms with E-state index in [-0.39, 0.29) is 12.0 Å². The number of nitrogens with zero attached hydrogens (tertiary/aromatic N) is 3. The number of benzene rings is 2. The van der Waals surface area contributed by atoms with Crippen molar-refractivity contribution in [3.8, 4) is 11.5 Å². The average Bonchev–Trinajstić information content (AvgIpc) is 3.32. The third-order valence-electron chi connectivity index (χ3n) is 6.22. The minimum atomic E-state index is -0.0352. The molecule has 2 aliphatic heterocycles. The molecule has 1 fully saturated rings. The Balaban J connectivity index is 1.40. The number of hydrogen-bond donors (Lipinski definition) is 2. The number of aromatic nitrogens is 2. The number of methoxy groups -OCH3 is 1. The molecule has 1 amide bonds. The van der Waals surface area contributed by atoms with Crippen molar-refractivity contribution in [2.45, 2.75) is 25.4 Å². The van der Waals surface area contributed by atoms with Crippen molar-refractivity contribution in [2.24, 2.45) is 0 Å².